The molecule has 42 valence electrons. The average molecular weight is 121 g/mol. The van der Waals surface area contributed by atoms with Crippen molar-refractivity contribution >= 4 is 10.5 Å². The van der Waals surface area contributed by atoms with Crippen molar-refractivity contribution in [3.05, 3.63) is 0 Å². The molecular formula is C3H7NO2S. The van der Waals surface area contributed by atoms with Crippen LogP contribution in [0.25, 0.3) is 0 Å². The molecule has 0 aromatic rings. The van der Waals surface area contributed by atoms with E-state index in [1.165, 1.54) is 0 Å². The Morgan fingerprint density at radius 3 is 2.29 bits per heavy atom. The number of nitrogens with zero attached hydrogens (tertiary/aromatic N) is 1. The standard InChI is InChI=1S/C3H7NO2S/c1-2-3-4-7(5)6/h2-3H2,1H3. The predicted octanol–water partition coefficient (Wildman–Crippen LogP) is 0.459. The fraction of sp³-hybridized carbons (Fsp3) is 1.00. The summed E-state index contributed by atoms with van der Waals surface area (Å²) < 4.78 is 22.3. The number of hydrogen-bond donors (Lipinski definition) is 0. The second kappa shape index (κ2) is 3.80. The SMILES string of the molecule is CCCN=S(=O)=O. The number of hydrogen-bond acceptors (Lipinski definition) is 3. The summed E-state index contributed by atoms with van der Waals surface area (Å²) >= 11 is 0. The summed E-state index contributed by atoms with van der Waals surface area (Å²) in [4.78, 5) is 0. The molecule has 0 aromatic heterocycles. The van der Waals surface area contributed by atoms with Crippen LogP contribution in [0, 0.1) is 0 Å². The van der Waals surface area contributed by atoms with Crippen molar-refractivity contribution in [2.75, 3.05) is 6.54 Å². The highest BCUT2D eigenvalue weighted by molar-refractivity contribution is 7.61. The fourth-order valence-electron chi connectivity index (χ4n) is 0.166. The fourth-order valence-corrected chi connectivity index (χ4v) is 0.497. The Morgan fingerprint density at radius 2 is 2.14 bits per heavy atom. The lowest BCUT2D eigenvalue weighted by Crippen LogP contribution is -1.70. The van der Waals surface area contributed by atoms with Crippen molar-refractivity contribution in [1.82, 2.24) is 0 Å². The van der Waals surface area contributed by atoms with Gasteiger partial charge in [0.25, 0.3) is 0 Å². The van der Waals surface area contributed by atoms with Crippen LogP contribution in [0.15, 0.2) is 4.36 Å². The molecule has 0 saturated carbocycles. The van der Waals surface area contributed by atoms with E-state index in [9.17, 15) is 8.42 Å². The highest BCUT2D eigenvalue weighted by Crippen LogP contribution is 1.73. The van der Waals surface area contributed by atoms with Crippen molar-refractivity contribution in [2.24, 2.45) is 4.36 Å². The summed E-state index contributed by atoms with van der Waals surface area (Å²) in [5.74, 6) is 0. The minimum atomic E-state index is -2.19. The van der Waals surface area contributed by atoms with Crippen molar-refractivity contribution in [3.8, 4) is 0 Å². The summed E-state index contributed by atoms with van der Waals surface area (Å²) in [6.07, 6.45) is 0.786. The van der Waals surface area contributed by atoms with Crippen LogP contribution in [0.1, 0.15) is 13.3 Å². The molecule has 0 amide bonds. The van der Waals surface area contributed by atoms with Crippen LogP contribution in [0.3, 0.4) is 0 Å². The zero-order valence-electron chi connectivity index (χ0n) is 4.09. The molecule has 0 unspecified atom stereocenters. The van der Waals surface area contributed by atoms with E-state index < -0.39 is 10.5 Å². The normalized spacial score (nSPS) is 8.14. The molecule has 0 bridgehead atoms. The van der Waals surface area contributed by atoms with Crippen LogP contribution in [0.5, 0.6) is 0 Å². The van der Waals surface area contributed by atoms with Crippen molar-refractivity contribution < 1.29 is 8.42 Å². The highest BCUT2D eigenvalue weighted by Gasteiger charge is 1.70. The van der Waals surface area contributed by atoms with Crippen molar-refractivity contribution in [3.63, 3.8) is 0 Å². The van der Waals surface area contributed by atoms with Crippen molar-refractivity contribution in [2.45, 2.75) is 13.3 Å². The Morgan fingerprint density at radius 1 is 1.57 bits per heavy atom. The van der Waals surface area contributed by atoms with Gasteiger partial charge in [-0.25, -0.2) is 0 Å². The smallest absolute Gasteiger partial charge is 0.172 e. The topological polar surface area (TPSA) is 46.5 Å². The molecule has 7 heavy (non-hydrogen) atoms. The van der Waals surface area contributed by atoms with Gasteiger partial charge in [-0.1, -0.05) is 6.92 Å². The highest BCUT2D eigenvalue weighted by atomic mass is 32.2. The molecule has 0 N–H and O–H groups in total. The predicted molar refractivity (Wildman–Crippen MR) is 26.5 cm³/mol. The van der Waals surface area contributed by atoms with Gasteiger partial charge in [-0.3, -0.25) is 0 Å². The van der Waals surface area contributed by atoms with Crippen LogP contribution in [-0.2, 0) is 10.5 Å². The Balaban J connectivity index is 3.49. The van der Waals surface area contributed by atoms with E-state index in [0.29, 0.717) is 6.54 Å². The molecule has 0 heterocycles. The molecule has 3 nitrogen and oxygen atoms in total. The van der Waals surface area contributed by atoms with Crippen LogP contribution >= 0.6 is 0 Å². The van der Waals surface area contributed by atoms with E-state index in [1.54, 1.807) is 0 Å². The molecule has 0 fully saturated rings. The molecule has 0 aliphatic carbocycles. The maximum atomic E-state index is 9.59. The first-order chi connectivity index (χ1) is 3.27. The third kappa shape index (κ3) is 5.62. The largest absolute Gasteiger partial charge is 0.311 e. The molecule has 0 aliphatic rings. The number of rotatable bonds is 2. The summed E-state index contributed by atoms with van der Waals surface area (Å²) in [5, 5.41) is 0. The van der Waals surface area contributed by atoms with Gasteiger partial charge < -0.3 is 0 Å². The van der Waals surface area contributed by atoms with E-state index >= 15 is 0 Å². The summed E-state index contributed by atoms with van der Waals surface area (Å²) in [6, 6.07) is 0. The first-order valence-corrected chi connectivity index (χ1v) is 3.07. The zero-order valence-corrected chi connectivity index (χ0v) is 4.90. The molecule has 0 aliphatic heterocycles. The second-order valence-corrected chi connectivity index (χ2v) is 1.76. The Bertz CT molecular complexity index is 138. The van der Waals surface area contributed by atoms with E-state index in [1.807, 2.05) is 6.92 Å². The van der Waals surface area contributed by atoms with E-state index in [2.05, 4.69) is 4.36 Å². The second-order valence-electron chi connectivity index (χ2n) is 1.07. The van der Waals surface area contributed by atoms with Gasteiger partial charge in [0.2, 0.25) is 0 Å². The third-order valence-corrected chi connectivity index (χ3v) is 0.814. The molecule has 0 atom stereocenters. The molecule has 0 saturated heterocycles. The Kier molecular flexibility index (Phi) is 3.59. The van der Waals surface area contributed by atoms with Gasteiger partial charge in [0.1, 0.15) is 0 Å². The first-order valence-electron chi connectivity index (χ1n) is 2.04. The van der Waals surface area contributed by atoms with Crippen molar-refractivity contribution in [1.29, 1.82) is 0 Å². The first kappa shape index (κ1) is 6.62. The van der Waals surface area contributed by atoms with Gasteiger partial charge in [-0.15, -0.1) is 0 Å². The minimum absolute atomic E-state index is 0.413. The van der Waals surface area contributed by atoms with Crippen LogP contribution in [0.2, 0.25) is 0 Å². The average Bonchev–Trinajstić information content (AvgIpc) is 1.61. The zero-order chi connectivity index (χ0) is 5.70. The lowest BCUT2D eigenvalue weighted by Gasteiger charge is -1.72. The van der Waals surface area contributed by atoms with E-state index in [0.717, 1.165) is 6.42 Å². The summed E-state index contributed by atoms with van der Waals surface area (Å²) in [7, 11) is -2.19. The molecule has 4 heteroatoms. The monoisotopic (exact) mass is 121 g/mol. The molecule has 0 rings (SSSR count). The van der Waals surface area contributed by atoms with Crippen LogP contribution in [0.4, 0.5) is 0 Å². The molecule has 0 radical (unpaired) electrons. The van der Waals surface area contributed by atoms with Gasteiger partial charge in [0, 0.05) is 0 Å². The van der Waals surface area contributed by atoms with Crippen LogP contribution < -0.4 is 0 Å². The third-order valence-electron chi connectivity index (χ3n) is 0.420. The van der Waals surface area contributed by atoms with Gasteiger partial charge in [0.15, 0.2) is 0 Å². The summed E-state index contributed by atoms with van der Waals surface area (Å²) in [5.41, 5.74) is 0. The van der Waals surface area contributed by atoms with Gasteiger partial charge in [-0.05, 0) is 6.42 Å². The Hall–Kier alpha value is -0.380. The Labute approximate surface area is 44.1 Å². The van der Waals surface area contributed by atoms with Gasteiger partial charge in [-0.2, -0.15) is 12.8 Å². The minimum Gasteiger partial charge on any atom is -0.172 e. The molecular weight excluding hydrogens is 114 g/mol. The van der Waals surface area contributed by atoms with Gasteiger partial charge in [0.05, 0.1) is 6.54 Å². The molecule has 0 spiro atoms. The van der Waals surface area contributed by atoms with E-state index in [4.69, 9.17) is 0 Å². The lowest BCUT2D eigenvalue weighted by atomic mass is 10.5. The van der Waals surface area contributed by atoms with Gasteiger partial charge >= 0.3 is 10.5 Å². The molecule has 0 aromatic carbocycles. The van der Waals surface area contributed by atoms with E-state index in [-0.39, 0.29) is 0 Å². The maximum absolute atomic E-state index is 9.59. The quantitative estimate of drug-likeness (QED) is 0.532. The van der Waals surface area contributed by atoms with Crippen LogP contribution in [-0.4, -0.2) is 15.0 Å². The lowest BCUT2D eigenvalue weighted by molar-refractivity contribution is 0.620. The summed E-state index contributed by atoms with van der Waals surface area (Å²) in [6.45, 7) is 2.28. The maximum Gasteiger partial charge on any atom is 0.311 e.